The minimum atomic E-state index is 0.0592. The first-order valence-electron chi connectivity index (χ1n) is 4.83. The van der Waals surface area contributed by atoms with Crippen LogP contribution in [-0.2, 0) is 0 Å². The van der Waals surface area contributed by atoms with Gasteiger partial charge in [-0.05, 0) is 31.0 Å². The smallest absolute Gasteiger partial charge is 0.122 e. The third kappa shape index (κ3) is 3.68. The van der Waals surface area contributed by atoms with Gasteiger partial charge in [-0.3, -0.25) is 0 Å². The SMILES string of the molecule is C=C(Br)COc1ccc([C@@H](C)N)cc1C. The zero-order valence-electron chi connectivity index (χ0n) is 9.09. The predicted octanol–water partition coefficient (Wildman–Crippen LogP) is 3.30. The van der Waals surface area contributed by atoms with Crippen LogP contribution in [0.25, 0.3) is 0 Å². The summed E-state index contributed by atoms with van der Waals surface area (Å²) in [4.78, 5) is 0. The van der Waals surface area contributed by atoms with E-state index >= 15 is 0 Å². The van der Waals surface area contributed by atoms with Crippen molar-refractivity contribution in [2.45, 2.75) is 19.9 Å². The van der Waals surface area contributed by atoms with Crippen molar-refractivity contribution in [3.8, 4) is 5.75 Å². The number of benzene rings is 1. The summed E-state index contributed by atoms with van der Waals surface area (Å²) in [5, 5.41) is 0. The summed E-state index contributed by atoms with van der Waals surface area (Å²) >= 11 is 3.25. The second-order valence-corrected chi connectivity index (χ2v) is 4.74. The number of rotatable bonds is 4. The van der Waals surface area contributed by atoms with Crippen molar-refractivity contribution in [2.24, 2.45) is 5.73 Å². The zero-order chi connectivity index (χ0) is 11.4. The van der Waals surface area contributed by atoms with Gasteiger partial charge in [0.1, 0.15) is 12.4 Å². The molecule has 1 aromatic carbocycles. The molecule has 0 saturated carbocycles. The fraction of sp³-hybridized carbons (Fsp3) is 0.333. The highest BCUT2D eigenvalue weighted by Crippen LogP contribution is 2.22. The summed E-state index contributed by atoms with van der Waals surface area (Å²) in [5.41, 5.74) is 8.01. The Kier molecular flexibility index (Phi) is 4.36. The van der Waals surface area contributed by atoms with Crippen LogP contribution in [0.3, 0.4) is 0 Å². The number of ether oxygens (including phenoxy) is 1. The molecule has 0 aromatic heterocycles. The summed E-state index contributed by atoms with van der Waals surface area (Å²) in [6, 6.07) is 6.05. The molecule has 0 heterocycles. The molecule has 0 amide bonds. The van der Waals surface area contributed by atoms with E-state index < -0.39 is 0 Å². The molecule has 2 nitrogen and oxygen atoms in total. The molecule has 0 aliphatic carbocycles. The molecular formula is C12H16BrNO. The van der Waals surface area contributed by atoms with Gasteiger partial charge in [0.2, 0.25) is 0 Å². The Morgan fingerprint density at radius 3 is 2.73 bits per heavy atom. The van der Waals surface area contributed by atoms with Crippen LogP contribution in [0.4, 0.5) is 0 Å². The summed E-state index contributed by atoms with van der Waals surface area (Å²) in [5.74, 6) is 0.875. The van der Waals surface area contributed by atoms with Crippen LogP contribution in [0.1, 0.15) is 24.1 Å². The van der Waals surface area contributed by atoms with E-state index in [-0.39, 0.29) is 6.04 Å². The fourth-order valence-electron chi connectivity index (χ4n) is 1.27. The van der Waals surface area contributed by atoms with Crippen LogP contribution in [0, 0.1) is 6.92 Å². The molecule has 1 aromatic rings. The normalized spacial score (nSPS) is 12.3. The molecule has 0 fully saturated rings. The van der Waals surface area contributed by atoms with Crippen molar-refractivity contribution < 1.29 is 4.74 Å². The van der Waals surface area contributed by atoms with Crippen molar-refractivity contribution >= 4 is 15.9 Å². The quantitative estimate of drug-likeness (QED) is 0.911. The minimum absolute atomic E-state index is 0.0592. The maximum atomic E-state index is 5.79. The lowest BCUT2D eigenvalue weighted by Gasteiger charge is -2.11. The summed E-state index contributed by atoms with van der Waals surface area (Å²) in [7, 11) is 0. The highest BCUT2D eigenvalue weighted by Gasteiger charge is 2.04. The summed E-state index contributed by atoms with van der Waals surface area (Å²) in [6.07, 6.45) is 0. The predicted molar refractivity (Wildman–Crippen MR) is 67.3 cm³/mol. The molecule has 2 N–H and O–H groups in total. The first-order chi connectivity index (χ1) is 7.00. The second kappa shape index (κ2) is 5.33. The highest BCUT2D eigenvalue weighted by molar-refractivity contribution is 9.11. The standard InChI is InChI=1S/C12H16BrNO/c1-8-6-11(10(3)14)4-5-12(8)15-7-9(2)13/h4-6,10H,2,7,14H2,1,3H3/t10-/m1/s1. The van der Waals surface area contributed by atoms with Gasteiger partial charge < -0.3 is 10.5 Å². The molecule has 0 radical (unpaired) electrons. The Balaban J connectivity index is 2.79. The second-order valence-electron chi connectivity index (χ2n) is 3.62. The Labute approximate surface area is 99.3 Å². The molecule has 0 saturated heterocycles. The molecule has 0 aliphatic heterocycles. The molecule has 15 heavy (non-hydrogen) atoms. The molecule has 0 spiro atoms. The van der Waals surface area contributed by atoms with Crippen LogP contribution >= 0.6 is 15.9 Å². The lowest BCUT2D eigenvalue weighted by atomic mass is 10.1. The van der Waals surface area contributed by atoms with Gasteiger partial charge in [0.05, 0.1) is 0 Å². The van der Waals surface area contributed by atoms with E-state index in [1.807, 2.05) is 26.0 Å². The molecule has 1 atom stereocenters. The van der Waals surface area contributed by atoms with Gasteiger partial charge in [0.25, 0.3) is 0 Å². The van der Waals surface area contributed by atoms with E-state index in [4.69, 9.17) is 10.5 Å². The van der Waals surface area contributed by atoms with Gasteiger partial charge >= 0.3 is 0 Å². The van der Waals surface area contributed by atoms with Crippen molar-refractivity contribution in [1.82, 2.24) is 0 Å². The average molecular weight is 270 g/mol. The number of halogens is 1. The number of nitrogens with two attached hydrogens (primary N) is 1. The van der Waals surface area contributed by atoms with E-state index in [2.05, 4.69) is 28.6 Å². The maximum Gasteiger partial charge on any atom is 0.122 e. The summed E-state index contributed by atoms with van der Waals surface area (Å²) < 4.78 is 6.38. The minimum Gasteiger partial charge on any atom is -0.488 e. The Hall–Kier alpha value is -0.800. The van der Waals surface area contributed by atoms with E-state index in [0.29, 0.717) is 6.61 Å². The van der Waals surface area contributed by atoms with Crippen LogP contribution in [0.2, 0.25) is 0 Å². The number of aryl methyl sites for hydroxylation is 1. The third-order valence-electron chi connectivity index (χ3n) is 2.11. The van der Waals surface area contributed by atoms with Gasteiger partial charge in [-0.15, -0.1) is 0 Å². The Morgan fingerprint density at radius 2 is 2.27 bits per heavy atom. The third-order valence-corrected chi connectivity index (χ3v) is 2.34. The van der Waals surface area contributed by atoms with E-state index in [1.165, 1.54) is 0 Å². The average Bonchev–Trinajstić information content (AvgIpc) is 2.15. The van der Waals surface area contributed by atoms with Crippen LogP contribution < -0.4 is 10.5 Å². The fourth-order valence-corrected chi connectivity index (χ4v) is 1.39. The molecule has 3 heteroatoms. The van der Waals surface area contributed by atoms with Gasteiger partial charge in [-0.1, -0.05) is 34.6 Å². The van der Waals surface area contributed by atoms with E-state index in [9.17, 15) is 0 Å². The molecule has 1 rings (SSSR count). The van der Waals surface area contributed by atoms with Crippen molar-refractivity contribution in [3.05, 3.63) is 40.4 Å². The topological polar surface area (TPSA) is 35.2 Å². The molecule has 0 unspecified atom stereocenters. The van der Waals surface area contributed by atoms with Crippen LogP contribution in [0.5, 0.6) is 5.75 Å². The van der Waals surface area contributed by atoms with E-state index in [0.717, 1.165) is 21.4 Å². The number of hydrogen-bond acceptors (Lipinski definition) is 2. The molecule has 82 valence electrons. The summed E-state index contributed by atoms with van der Waals surface area (Å²) in [6.45, 7) is 8.18. The van der Waals surface area contributed by atoms with Gasteiger partial charge in [-0.25, -0.2) is 0 Å². The van der Waals surface area contributed by atoms with Gasteiger partial charge in [-0.2, -0.15) is 0 Å². The van der Waals surface area contributed by atoms with E-state index in [1.54, 1.807) is 0 Å². The first-order valence-corrected chi connectivity index (χ1v) is 5.62. The Bertz CT molecular complexity index is 361. The molecular weight excluding hydrogens is 254 g/mol. The van der Waals surface area contributed by atoms with Gasteiger partial charge in [0.15, 0.2) is 0 Å². The highest BCUT2D eigenvalue weighted by atomic mass is 79.9. The van der Waals surface area contributed by atoms with Crippen molar-refractivity contribution in [1.29, 1.82) is 0 Å². The van der Waals surface area contributed by atoms with Gasteiger partial charge in [0, 0.05) is 10.5 Å². The molecule has 0 aliphatic rings. The lowest BCUT2D eigenvalue weighted by Crippen LogP contribution is -2.05. The van der Waals surface area contributed by atoms with Crippen LogP contribution in [0.15, 0.2) is 29.3 Å². The largest absolute Gasteiger partial charge is 0.488 e. The lowest BCUT2D eigenvalue weighted by molar-refractivity contribution is 0.358. The Morgan fingerprint density at radius 1 is 1.60 bits per heavy atom. The first kappa shape index (κ1) is 12.3. The van der Waals surface area contributed by atoms with Crippen LogP contribution in [-0.4, -0.2) is 6.61 Å². The van der Waals surface area contributed by atoms with Crippen molar-refractivity contribution in [2.75, 3.05) is 6.61 Å². The maximum absolute atomic E-state index is 5.79. The monoisotopic (exact) mass is 269 g/mol. The molecule has 0 bridgehead atoms. The van der Waals surface area contributed by atoms with Crippen molar-refractivity contribution in [3.63, 3.8) is 0 Å². The zero-order valence-corrected chi connectivity index (χ0v) is 10.7. The number of hydrogen-bond donors (Lipinski definition) is 1.